The molecule has 2 saturated carbocycles. The maximum atomic E-state index is 13.5. The first-order chi connectivity index (χ1) is 33.7. The van der Waals surface area contributed by atoms with Gasteiger partial charge in [0.1, 0.15) is 34.9 Å². The zero-order valence-corrected chi connectivity index (χ0v) is 41.5. The van der Waals surface area contributed by atoms with Gasteiger partial charge >= 0.3 is 0 Å². The number of pyridine rings is 4. The van der Waals surface area contributed by atoms with Gasteiger partial charge in [0.2, 0.25) is 0 Å². The van der Waals surface area contributed by atoms with Gasteiger partial charge in [0.05, 0.1) is 54.3 Å². The fourth-order valence-electron chi connectivity index (χ4n) is 9.94. The van der Waals surface area contributed by atoms with E-state index in [1.165, 1.54) is 25.7 Å². The van der Waals surface area contributed by atoms with Crippen molar-refractivity contribution in [2.75, 3.05) is 96.9 Å². The summed E-state index contributed by atoms with van der Waals surface area (Å²) < 4.78 is 10.9. The Morgan fingerprint density at radius 2 is 1.11 bits per heavy atom. The Labute approximate surface area is 412 Å². The van der Waals surface area contributed by atoms with Gasteiger partial charge < -0.3 is 50.8 Å². The van der Waals surface area contributed by atoms with Gasteiger partial charge in [-0.15, -0.1) is 0 Å². The molecule has 4 aromatic rings. The van der Waals surface area contributed by atoms with Crippen molar-refractivity contribution in [3.05, 3.63) is 89.3 Å². The van der Waals surface area contributed by atoms with Crippen molar-refractivity contribution >= 4 is 52.3 Å². The number of nitrogens with one attached hydrogen (secondary N) is 4. The summed E-state index contributed by atoms with van der Waals surface area (Å²) in [6.45, 7) is 14.0. The van der Waals surface area contributed by atoms with Crippen LogP contribution in [0.25, 0.3) is 5.57 Å². The monoisotopic (exact) mass is 957 g/mol. The van der Waals surface area contributed by atoms with E-state index in [-0.39, 0.29) is 25.0 Å². The summed E-state index contributed by atoms with van der Waals surface area (Å²) in [6.07, 6.45) is 14.6. The minimum Gasteiger partial charge on any atom is -0.394 e. The van der Waals surface area contributed by atoms with Gasteiger partial charge in [-0.25, -0.2) is 19.9 Å². The number of piperidine rings is 2. The van der Waals surface area contributed by atoms with Crippen LogP contribution in [0.4, 0.5) is 34.9 Å². The number of rotatable bonds is 14. The molecule has 374 valence electrons. The van der Waals surface area contributed by atoms with Crippen LogP contribution in [0.5, 0.6) is 0 Å². The lowest BCUT2D eigenvalue weighted by Crippen LogP contribution is -2.38. The zero-order chi connectivity index (χ0) is 48.9. The molecule has 4 aromatic heterocycles. The molecule has 70 heavy (non-hydrogen) atoms. The smallest absolute Gasteiger partial charge is 0.260 e. The Morgan fingerprint density at radius 1 is 0.614 bits per heavy atom. The van der Waals surface area contributed by atoms with Gasteiger partial charge in [-0.2, -0.15) is 0 Å². The number of anilines is 6. The number of aliphatic hydroxyl groups is 2. The second kappa shape index (κ2) is 21.0. The summed E-state index contributed by atoms with van der Waals surface area (Å²) in [5, 5.41) is 31.9. The van der Waals surface area contributed by atoms with E-state index in [1.807, 2.05) is 88.4 Å². The highest BCUT2D eigenvalue weighted by atomic mass is 16.5. The summed E-state index contributed by atoms with van der Waals surface area (Å²) in [6, 6.07) is 18.8. The van der Waals surface area contributed by atoms with Crippen molar-refractivity contribution in [1.82, 2.24) is 19.9 Å². The molecule has 0 unspecified atom stereocenters. The molecule has 10 rings (SSSR count). The van der Waals surface area contributed by atoms with Gasteiger partial charge in [-0.05, 0) is 163 Å². The third-order valence-corrected chi connectivity index (χ3v) is 15.1. The molecule has 3 saturated heterocycles. The number of carbonyl (C=O) groups is 2. The topological polar surface area (TPSA) is 199 Å². The number of hydrogen-bond acceptors (Lipinski definition) is 14. The minimum atomic E-state index is -0.517. The lowest BCUT2D eigenvalue weighted by molar-refractivity contribution is 0.0845. The molecule has 16 heteroatoms. The Kier molecular flexibility index (Phi) is 14.8. The molecular weight excluding hydrogens is 885 g/mol. The first-order valence-corrected chi connectivity index (χ1v) is 25.4. The van der Waals surface area contributed by atoms with E-state index in [2.05, 4.69) is 36.1 Å². The van der Waals surface area contributed by atoms with Crippen LogP contribution >= 0.6 is 0 Å². The average molecular weight is 957 g/mol. The molecule has 2 aliphatic carbocycles. The first kappa shape index (κ1) is 49.3. The second-order valence-corrected chi connectivity index (χ2v) is 21.6. The van der Waals surface area contributed by atoms with E-state index >= 15 is 0 Å². The molecule has 6 aliphatic rings. The van der Waals surface area contributed by atoms with E-state index < -0.39 is 11.1 Å². The Balaban J connectivity index is 0.000000174. The van der Waals surface area contributed by atoms with E-state index in [0.717, 1.165) is 101 Å². The van der Waals surface area contributed by atoms with E-state index in [4.69, 9.17) is 24.4 Å². The second-order valence-electron chi connectivity index (χ2n) is 21.6. The lowest BCUT2D eigenvalue weighted by Gasteiger charge is -2.34. The maximum absolute atomic E-state index is 13.5. The van der Waals surface area contributed by atoms with Crippen molar-refractivity contribution in [2.45, 2.75) is 115 Å². The summed E-state index contributed by atoms with van der Waals surface area (Å²) in [4.78, 5) is 50.5. The highest BCUT2D eigenvalue weighted by Crippen LogP contribution is 2.55. The van der Waals surface area contributed by atoms with Gasteiger partial charge in [-0.3, -0.25) is 9.59 Å². The molecule has 6 N–H and O–H groups in total. The molecule has 0 atom stereocenters. The van der Waals surface area contributed by atoms with Crippen LogP contribution in [0.1, 0.15) is 136 Å². The van der Waals surface area contributed by atoms with Gasteiger partial charge in [0.25, 0.3) is 11.8 Å². The highest BCUT2D eigenvalue weighted by Gasteiger charge is 2.46. The normalized spacial score (nSPS) is 19.7. The Morgan fingerprint density at radius 3 is 1.59 bits per heavy atom. The molecule has 0 aromatic carbocycles. The van der Waals surface area contributed by atoms with Gasteiger partial charge in [-0.1, -0.05) is 18.2 Å². The van der Waals surface area contributed by atoms with E-state index in [1.54, 1.807) is 6.07 Å². The predicted octanol–water partition coefficient (Wildman–Crippen LogP) is 8.28. The van der Waals surface area contributed by atoms with Crippen molar-refractivity contribution < 1.29 is 29.3 Å². The van der Waals surface area contributed by atoms with Crippen molar-refractivity contribution in [1.29, 1.82) is 0 Å². The van der Waals surface area contributed by atoms with Gasteiger partial charge in [0.15, 0.2) is 0 Å². The maximum Gasteiger partial charge on any atom is 0.260 e. The van der Waals surface area contributed by atoms with Crippen LogP contribution in [0.15, 0.2) is 66.7 Å². The number of aliphatic hydroxyl groups excluding tert-OH is 2. The minimum absolute atomic E-state index is 0.0202. The van der Waals surface area contributed by atoms with Crippen LogP contribution in [0.3, 0.4) is 0 Å². The quantitative estimate of drug-likeness (QED) is 0.0706. The molecular formula is C54H72N10O6. The van der Waals surface area contributed by atoms with Crippen LogP contribution in [-0.2, 0) is 9.47 Å². The number of amides is 2. The summed E-state index contributed by atoms with van der Waals surface area (Å²) in [5.74, 6) is 3.69. The van der Waals surface area contributed by atoms with Gasteiger partial charge in [0, 0.05) is 51.0 Å². The third kappa shape index (κ3) is 12.2. The third-order valence-electron chi connectivity index (χ3n) is 15.1. The van der Waals surface area contributed by atoms with E-state index in [9.17, 15) is 19.8 Å². The Bertz CT molecular complexity index is 2510. The van der Waals surface area contributed by atoms with Crippen molar-refractivity contribution in [3.63, 3.8) is 0 Å². The van der Waals surface area contributed by atoms with Crippen molar-refractivity contribution in [3.8, 4) is 0 Å². The van der Waals surface area contributed by atoms with E-state index in [0.29, 0.717) is 76.0 Å². The van der Waals surface area contributed by atoms with Crippen LogP contribution < -0.4 is 31.1 Å². The molecule has 2 amide bonds. The first-order valence-electron chi connectivity index (χ1n) is 25.4. The number of nitrogens with zero attached hydrogens (tertiary/aromatic N) is 6. The van der Waals surface area contributed by atoms with Crippen molar-refractivity contribution in [2.24, 2.45) is 10.8 Å². The summed E-state index contributed by atoms with van der Waals surface area (Å²) in [5.41, 5.74) is 4.10. The molecule has 0 bridgehead atoms. The fourth-order valence-corrected chi connectivity index (χ4v) is 9.94. The number of ether oxygens (including phenoxy) is 2. The Hall–Kier alpha value is -5.68. The zero-order valence-electron chi connectivity index (χ0n) is 41.5. The molecule has 0 radical (unpaired) electrons. The van der Waals surface area contributed by atoms with Crippen LogP contribution in [0.2, 0.25) is 0 Å². The molecule has 16 nitrogen and oxygen atoms in total. The lowest BCUT2D eigenvalue weighted by atomic mass is 9.93. The summed E-state index contributed by atoms with van der Waals surface area (Å²) in [7, 11) is 0. The number of carbonyl (C=O) groups excluding carboxylic acids is 2. The number of aromatic nitrogens is 4. The SMILES string of the molecule is CC(C)(CO)Nc1ccc(C(=O)Nc2cccc(C3=CCOCC3)n2)c(N2CCC3(CC2)CC3)n1.CC(C)(CO)Nc1ccc(C(=O)Nc2cccc(C3CCOCC3)n2)c(N2CCC3(CC2)CC3)n1. The molecule has 5 fully saturated rings. The fraction of sp³-hybridized carbons (Fsp3) is 0.556. The molecule has 2 spiro atoms. The van der Waals surface area contributed by atoms with Crippen LogP contribution in [-0.4, -0.2) is 119 Å². The molecule has 8 heterocycles. The standard InChI is InChI=1S/C27H37N5O3.C27H35N5O3/c2*1-26(2,18-33)31-23-7-6-20(24(29-23)32-14-12-27(10-11-27)13-15-32)25(34)30-22-5-3-4-21(28-22)19-8-16-35-17-9-19/h3-7,19,33H,8-18H2,1-2H3,(H,29,31)(H,28,30,34);3-8,33H,9-18H2,1-2H3,(H,29,31)(H,28,30,34). The highest BCUT2D eigenvalue weighted by molar-refractivity contribution is 6.08. The molecule has 4 aliphatic heterocycles. The predicted molar refractivity (Wildman–Crippen MR) is 275 cm³/mol. The number of hydrogen-bond donors (Lipinski definition) is 6. The van der Waals surface area contributed by atoms with Crippen LogP contribution in [0, 0.1) is 10.8 Å². The largest absolute Gasteiger partial charge is 0.394 e. The summed E-state index contributed by atoms with van der Waals surface area (Å²) >= 11 is 0. The average Bonchev–Trinajstić information content (AvgIpc) is 4.33.